The highest BCUT2D eigenvalue weighted by molar-refractivity contribution is 7.89. The van der Waals surface area contributed by atoms with Gasteiger partial charge in [-0.05, 0) is 32.1 Å². The van der Waals surface area contributed by atoms with Gasteiger partial charge < -0.3 is 14.3 Å². The monoisotopic (exact) mass is 317 g/mol. The van der Waals surface area contributed by atoms with Crippen LogP contribution in [0.5, 0.6) is 0 Å². The first kappa shape index (κ1) is 16.0. The van der Waals surface area contributed by atoms with Gasteiger partial charge in [0.05, 0.1) is 0 Å². The summed E-state index contributed by atoms with van der Waals surface area (Å²) in [5, 5.41) is 8.79. The van der Waals surface area contributed by atoms with Gasteiger partial charge in [-0.2, -0.15) is 0 Å². The van der Waals surface area contributed by atoms with Crippen LogP contribution in [0.25, 0.3) is 0 Å². The number of rotatable bonds is 9. The zero-order chi connectivity index (χ0) is 15.5. The molecule has 1 aromatic heterocycles. The zero-order valence-corrected chi connectivity index (χ0v) is 12.6. The Morgan fingerprint density at radius 1 is 1.52 bits per heavy atom. The number of ether oxygens (including phenoxy) is 1. The molecule has 1 aromatic rings. The van der Waals surface area contributed by atoms with Crippen molar-refractivity contribution in [2.45, 2.75) is 31.1 Å². The molecule has 0 atom stereocenters. The lowest BCUT2D eigenvalue weighted by molar-refractivity contribution is 0.0661. The molecule has 1 aliphatic rings. The maximum atomic E-state index is 12.0. The molecular formula is C13H19NO6S. The van der Waals surface area contributed by atoms with Crippen molar-refractivity contribution in [3.8, 4) is 0 Å². The van der Waals surface area contributed by atoms with Crippen molar-refractivity contribution in [2.24, 2.45) is 5.92 Å². The number of carboxylic acid groups (broad SMARTS) is 1. The zero-order valence-electron chi connectivity index (χ0n) is 11.8. The molecule has 8 heteroatoms. The minimum absolute atomic E-state index is 0.0601. The molecule has 118 valence electrons. The van der Waals surface area contributed by atoms with Gasteiger partial charge in [0.25, 0.3) is 0 Å². The molecule has 0 unspecified atom stereocenters. The van der Waals surface area contributed by atoms with Crippen molar-refractivity contribution >= 4 is 16.0 Å². The normalized spacial score (nSPS) is 15.3. The second-order valence-electron chi connectivity index (χ2n) is 5.11. The summed E-state index contributed by atoms with van der Waals surface area (Å²) in [4.78, 5) is 10.6. The van der Waals surface area contributed by atoms with E-state index < -0.39 is 16.0 Å². The fourth-order valence-electron chi connectivity index (χ4n) is 1.83. The summed E-state index contributed by atoms with van der Waals surface area (Å²) in [6.07, 6.45) is 3.01. The summed E-state index contributed by atoms with van der Waals surface area (Å²) in [5.74, 6) is -0.941. The second kappa shape index (κ2) is 6.59. The molecule has 7 nitrogen and oxygen atoms in total. The second-order valence-corrected chi connectivity index (χ2v) is 6.84. The van der Waals surface area contributed by atoms with Gasteiger partial charge in [0, 0.05) is 25.8 Å². The summed E-state index contributed by atoms with van der Waals surface area (Å²) >= 11 is 0. The van der Waals surface area contributed by atoms with E-state index in [0.29, 0.717) is 18.9 Å². The highest BCUT2D eigenvalue weighted by Crippen LogP contribution is 2.28. The molecule has 1 fully saturated rings. The van der Waals surface area contributed by atoms with Crippen molar-refractivity contribution in [3.05, 3.63) is 17.6 Å². The highest BCUT2D eigenvalue weighted by atomic mass is 32.2. The van der Waals surface area contributed by atoms with Crippen LogP contribution in [0.2, 0.25) is 0 Å². The average Bonchev–Trinajstić information content (AvgIpc) is 3.13. The van der Waals surface area contributed by atoms with Crippen LogP contribution < -0.4 is 4.72 Å². The van der Waals surface area contributed by atoms with Crippen LogP contribution in [-0.2, 0) is 14.8 Å². The smallest absolute Gasteiger partial charge is 0.371 e. The van der Waals surface area contributed by atoms with E-state index in [0.717, 1.165) is 12.7 Å². The number of furan rings is 1. The van der Waals surface area contributed by atoms with E-state index in [9.17, 15) is 13.2 Å². The highest BCUT2D eigenvalue weighted by Gasteiger charge is 2.23. The van der Waals surface area contributed by atoms with Crippen LogP contribution in [-0.4, -0.2) is 39.3 Å². The predicted octanol–water partition coefficient (Wildman–Crippen LogP) is 1.38. The molecule has 2 N–H and O–H groups in total. The van der Waals surface area contributed by atoms with E-state index >= 15 is 0 Å². The lowest BCUT2D eigenvalue weighted by Gasteiger charge is -2.06. The topological polar surface area (TPSA) is 106 Å². The van der Waals surface area contributed by atoms with Gasteiger partial charge in [-0.1, -0.05) is 0 Å². The minimum Gasteiger partial charge on any atom is -0.475 e. The Morgan fingerprint density at radius 2 is 2.24 bits per heavy atom. The molecule has 1 aliphatic carbocycles. The Kier molecular flexibility index (Phi) is 5.02. The molecular weight excluding hydrogens is 298 g/mol. The number of nitrogens with one attached hydrogen (secondary N) is 1. The van der Waals surface area contributed by atoms with Crippen LogP contribution in [0.15, 0.2) is 15.4 Å². The van der Waals surface area contributed by atoms with Gasteiger partial charge in [0.15, 0.2) is 0 Å². The van der Waals surface area contributed by atoms with Gasteiger partial charge in [-0.15, -0.1) is 0 Å². The summed E-state index contributed by atoms with van der Waals surface area (Å²) in [6, 6.07) is 1.02. The summed E-state index contributed by atoms with van der Waals surface area (Å²) in [5.41, 5.74) is 0. The third-order valence-electron chi connectivity index (χ3n) is 3.18. The van der Waals surface area contributed by atoms with Gasteiger partial charge in [0.1, 0.15) is 10.7 Å². The first-order valence-electron chi connectivity index (χ1n) is 6.81. The van der Waals surface area contributed by atoms with Crippen LogP contribution >= 0.6 is 0 Å². The summed E-state index contributed by atoms with van der Waals surface area (Å²) in [7, 11) is -3.76. The van der Waals surface area contributed by atoms with Crippen molar-refractivity contribution < 1.29 is 27.5 Å². The first-order valence-corrected chi connectivity index (χ1v) is 8.29. The van der Waals surface area contributed by atoms with E-state index in [-0.39, 0.29) is 23.0 Å². The lowest BCUT2D eigenvalue weighted by Crippen LogP contribution is -2.25. The quantitative estimate of drug-likeness (QED) is 0.667. The Labute approximate surface area is 123 Å². The largest absolute Gasteiger partial charge is 0.475 e. The number of sulfonamides is 1. The maximum Gasteiger partial charge on any atom is 0.371 e. The molecule has 0 radical (unpaired) electrons. The number of aromatic carboxylic acids is 1. The molecule has 2 rings (SSSR count). The van der Waals surface area contributed by atoms with E-state index in [1.807, 2.05) is 0 Å². The molecule has 1 heterocycles. The van der Waals surface area contributed by atoms with Crippen molar-refractivity contribution in [1.82, 2.24) is 4.72 Å². The van der Waals surface area contributed by atoms with Crippen LogP contribution in [0.4, 0.5) is 0 Å². The first-order chi connectivity index (χ1) is 9.90. The number of carbonyl (C=O) groups is 1. The summed E-state index contributed by atoms with van der Waals surface area (Å²) < 4.78 is 36.8. The summed E-state index contributed by atoms with van der Waals surface area (Å²) in [6.45, 7) is 2.90. The molecule has 21 heavy (non-hydrogen) atoms. The average molecular weight is 317 g/mol. The fourth-order valence-corrected chi connectivity index (χ4v) is 3.08. The van der Waals surface area contributed by atoms with Crippen molar-refractivity contribution in [2.75, 3.05) is 19.8 Å². The van der Waals surface area contributed by atoms with E-state index in [1.165, 1.54) is 19.8 Å². The molecule has 1 saturated carbocycles. The number of carboxylic acids is 1. The SMILES string of the molecule is Cc1oc(C(=O)O)cc1S(=O)(=O)NCCCOCC1CC1. The van der Waals surface area contributed by atoms with Crippen LogP contribution in [0, 0.1) is 12.8 Å². The van der Waals surface area contributed by atoms with Gasteiger partial charge in [-0.25, -0.2) is 17.9 Å². The molecule has 0 amide bonds. The fraction of sp³-hybridized carbons (Fsp3) is 0.615. The molecule has 0 spiro atoms. The van der Waals surface area contributed by atoms with Gasteiger partial charge in [0.2, 0.25) is 15.8 Å². The van der Waals surface area contributed by atoms with Crippen molar-refractivity contribution in [3.63, 3.8) is 0 Å². The number of aryl methyl sites for hydroxylation is 1. The Bertz CT molecular complexity index is 602. The third-order valence-corrected chi connectivity index (χ3v) is 4.75. The van der Waals surface area contributed by atoms with E-state index in [2.05, 4.69) is 4.72 Å². The van der Waals surface area contributed by atoms with Gasteiger partial charge >= 0.3 is 5.97 Å². The molecule has 0 aliphatic heterocycles. The Balaban J connectivity index is 1.81. The number of hydrogen-bond donors (Lipinski definition) is 2. The minimum atomic E-state index is -3.76. The van der Waals surface area contributed by atoms with E-state index in [4.69, 9.17) is 14.3 Å². The van der Waals surface area contributed by atoms with Crippen LogP contribution in [0.1, 0.15) is 35.6 Å². The Hall–Kier alpha value is -1.38. The lowest BCUT2D eigenvalue weighted by atomic mass is 10.4. The maximum absolute atomic E-state index is 12.0. The molecule has 0 bridgehead atoms. The number of hydrogen-bond acceptors (Lipinski definition) is 5. The van der Waals surface area contributed by atoms with E-state index in [1.54, 1.807) is 0 Å². The third kappa shape index (κ3) is 4.55. The van der Waals surface area contributed by atoms with Crippen molar-refractivity contribution in [1.29, 1.82) is 0 Å². The molecule has 0 aromatic carbocycles. The van der Waals surface area contributed by atoms with Crippen LogP contribution in [0.3, 0.4) is 0 Å². The standard InChI is InChI=1S/C13H19NO6S/c1-9-12(7-11(20-9)13(15)16)21(17,18)14-5-2-6-19-8-10-3-4-10/h7,10,14H,2-6,8H2,1H3,(H,15,16). The van der Waals surface area contributed by atoms with Gasteiger partial charge in [-0.3, -0.25) is 0 Å². The Morgan fingerprint density at radius 3 is 2.81 bits per heavy atom. The molecule has 0 saturated heterocycles. The predicted molar refractivity (Wildman–Crippen MR) is 73.8 cm³/mol.